The fraction of sp³-hybridized carbons (Fsp3) is 0.538. The predicted molar refractivity (Wildman–Crippen MR) is 126 cm³/mol. The van der Waals surface area contributed by atoms with Crippen LogP contribution in [0.2, 0.25) is 5.02 Å². The molecule has 1 aromatic heterocycles. The van der Waals surface area contributed by atoms with Crippen molar-refractivity contribution in [1.29, 1.82) is 0 Å². The van der Waals surface area contributed by atoms with Crippen LogP contribution in [0, 0.1) is 5.92 Å². The lowest BCUT2D eigenvalue weighted by molar-refractivity contribution is 0.0184. The van der Waals surface area contributed by atoms with Gasteiger partial charge in [0.05, 0.1) is 10.7 Å². The van der Waals surface area contributed by atoms with Gasteiger partial charge in [0, 0.05) is 18.8 Å². The molecular formula is C26H33ClN2O3. The lowest BCUT2D eigenvalue weighted by atomic mass is 9.92. The molecule has 0 atom stereocenters. The Morgan fingerprint density at radius 1 is 1.09 bits per heavy atom. The van der Waals surface area contributed by atoms with E-state index in [-0.39, 0.29) is 6.09 Å². The fourth-order valence-corrected chi connectivity index (χ4v) is 4.37. The van der Waals surface area contributed by atoms with Gasteiger partial charge in [0.2, 0.25) is 0 Å². The SMILES string of the molecule is CC(C)(C)OC(=O)N1CCC(Cc2cccc(COc3ccc(C4CC4)cc3Cl)n2)CC1. The van der Waals surface area contributed by atoms with E-state index in [1.54, 1.807) is 0 Å². The number of likely N-dealkylation sites (tertiary alicyclic amines) is 1. The van der Waals surface area contributed by atoms with E-state index in [0.29, 0.717) is 29.2 Å². The summed E-state index contributed by atoms with van der Waals surface area (Å²) in [4.78, 5) is 18.9. The van der Waals surface area contributed by atoms with Crippen LogP contribution in [0.15, 0.2) is 36.4 Å². The molecule has 2 aliphatic rings. The summed E-state index contributed by atoms with van der Waals surface area (Å²) in [5, 5.41) is 0.669. The maximum absolute atomic E-state index is 12.3. The van der Waals surface area contributed by atoms with Gasteiger partial charge >= 0.3 is 6.09 Å². The minimum atomic E-state index is -0.455. The minimum Gasteiger partial charge on any atom is -0.486 e. The van der Waals surface area contributed by atoms with E-state index in [0.717, 1.165) is 43.7 Å². The number of nitrogens with zero attached hydrogens (tertiary/aromatic N) is 2. The zero-order valence-corrected chi connectivity index (χ0v) is 20.0. The standard InChI is InChI=1S/C26H33ClN2O3/c1-26(2,3)32-25(30)29-13-11-18(12-14-29)15-21-5-4-6-22(28-21)17-31-24-10-9-20(16-23(24)27)19-7-8-19/h4-6,9-10,16,18-19H,7-8,11-15,17H2,1-3H3. The molecule has 2 heterocycles. The molecule has 1 saturated carbocycles. The van der Waals surface area contributed by atoms with Gasteiger partial charge < -0.3 is 14.4 Å². The second-order valence-corrected chi connectivity index (χ2v) is 10.4. The van der Waals surface area contributed by atoms with Crippen molar-refractivity contribution in [2.45, 2.75) is 71.0 Å². The van der Waals surface area contributed by atoms with E-state index < -0.39 is 5.60 Å². The largest absolute Gasteiger partial charge is 0.486 e. The number of amides is 1. The Morgan fingerprint density at radius 2 is 1.81 bits per heavy atom. The van der Waals surface area contributed by atoms with Crippen molar-refractivity contribution in [2.24, 2.45) is 5.92 Å². The summed E-state index contributed by atoms with van der Waals surface area (Å²) in [6.07, 6.45) is 5.14. The number of rotatable bonds is 6. The molecule has 1 aliphatic heterocycles. The van der Waals surface area contributed by atoms with Crippen LogP contribution < -0.4 is 4.74 Å². The van der Waals surface area contributed by atoms with E-state index in [2.05, 4.69) is 12.1 Å². The third-order valence-corrected chi connectivity index (χ3v) is 6.30. The number of ether oxygens (including phenoxy) is 2. The Bertz CT molecular complexity index is 944. The quantitative estimate of drug-likeness (QED) is 0.506. The zero-order chi connectivity index (χ0) is 22.7. The molecule has 4 rings (SSSR count). The van der Waals surface area contributed by atoms with Crippen LogP contribution in [-0.2, 0) is 17.8 Å². The Morgan fingerprint density at radius 3 is 2.47 bits per heavy atom. The maximum Gasteiger partial charge on any atom is 0.410 e. The summed E-state index contributed by atoms with van der Waals surface area (Å²) in [6, 6.07) is 12.2. The van der Waals surface area contributed by atoms with Gasteiger partial charge in [-0.05, 0) is 94.5 Å². The first-order valence-electron chi connectivity index (χ1n) is 11.6. The van der Waals surface area contributed by atoms with Crippen LogP contribution in [0.4, 0.5) is 4.79 Å². The molecule has 0 bridgehead atoms. The van der Waals surface area contributed by atoms with Crippen LogP contribution in [0.25, 0.3) is 0 Å². The summed E-state index contributed by atoms with van der Waals surface area (Å²) in [5.41, 5.74) is 2.82. The highest BCUT2D eigenvalue weighted by molar-refractivity contribution is 6.32. The first-order valence-corrected chi connectivity index (χ1v) is 12.0. The van der Waals surface area contributed by atoms with Crippen molar-refractivity contribution in [3.8, 4) is 5.75 Å². The molecule has 5 nitrogen and oxygen atoms in total. The maximum atomic E-state index is 12.3. The molecule has 2 aromatic rings. The van der Waals surface area contributed by atoms with Gasteiger partial charge in [-0.2, -0.15) is 0 Å². The van der Waals surface area contributed by atoms with Crippen molar-refractivity contribution in [2.75, 3.05) is 13.1 Å². The van der Waals surface area contributed by atoms with Crippen molar-refractivity contribution >= 4 is 17.7 Å². The van der Waals surface area contributed by atoms with Crippen LogP contribution in [0.5, 0.6) is 5.75 Å². The third kappa shape index (κ3) is 6.38. The number of piperidine rings is 1. The minimum absolute atomic E-state index is 0.211. The number of hydrogen-bond acceptors (Lipinski definition) is 4. The predicted octanol–water partition coefficient (Wildman–Crippen LogP) is 6.38. The Balaban J connectivity index is 1.27. The lowest BCUT2D eigenvalue weighted by Gasteiger charge is -2.33. The number of hydrogen-bond donors (Lipinski definition) is 0. The molecule has 32 heavy (non-hydrogen) atoms. The molecule has 172 valence electrons. The Kier molecular flexibility index (Phi) is 6.94. The Labute approximate surface area is 196 Å². The average molecular weight is 457 g/mol. The first-order chi connectivity index (χ1) is 15.3. The number of benzene rings is 1. The monoisotopic (exact) mass is 456 g/mol. The van der Waals surface area contributed by atoms with Gasteiger partial charge in [0.15, 0.2) is 0 Å². The van der Waals surface area contributed by atoms with Crippen LogP contribution in [-0.4, -0.2) is 34.7 Å². The van der Waals surface area contributed by atoms with Crippen molar-refractivity contribution in [3.63, 3.8) is 0 Å². The summed E-state index contributed by atoms with van der Waals surface area (Å²) >= 11 is 6.41. The molecule has 1 aliphatic carbocycles. The average Bonchev–Trinajstić information content (AvgIpc) is 3.58. The summed E-state index contributed by atoms with van der Waals surface area (Å²) in [7, 11) is 0. The number of halogens is 1. The van der Waals surface area contributed by atoms with Crippen LogP contribution >= 0.6 is 11.6 Å². The summed E-state index contributed by atoms with van der Waals surface area (Å²) in [6.45, 7) is 7.56. The first kappa shape index (κ1) is 22.9. The third-order valence-electron chi connectivity index (χ3n) is 6.01. The van der Waals surface area contributed by atoms with Crippen LogP contribution in [0.3, 0.4) is 0 Å². The molecule has 1 amide bonds. The fourth-order valence-electron chi connectivity index (χ4n) is 4.12. The van der Waals surface area contributed by atoms with Crippen molar-refractivity contribution in [1.82, 2.24) is 9.88 Å². The summed E-state index contributed by atoms with van der Waals surface area (Å²) in [5.74, 6) is 1.90. The normalized spacial score (nSPS) is 17.3. The highest BCUT2D eigenvalue weighted by Crippen LogP contribution is 2.42. The van der Waals surface area contributed by atoms with E-state index in [1.165, 1.54) is 18.4 Å². The molecule has 0 unspecified atom stereocenters. The van der Waals surface area contributed by atoms with Gasteiger partial charge in [-0.3, -0.25) is 4.98 Å². The number of carbonyl (C=O) groups is 1. The molecule has 0 spiro atoms. The second kappa shape index (κ2) is 9.70. The number of pyridine rings is 1. The van der Waals surface area contributed by atoms with Crippen LogP contribution in [0.1, 0.15) is 69.3 Å². The molecule has 1 saturated heterocycles. The molecule has 0 N–H and O–H groups in total. The zero-order valence-electron chi connectivity index (χ0n) is 19.3. The van der Waals surface area contributed by atoms with Gasteiger partial charge in [0.1, 0.15) is 18.0 Å². The van der Waals surface area contributed by atoms with Crippen molar-refractivity contribution in [3.05, 3.63) is 58.4 Å². The van der Waals surface area contributed by atoms with Gasteiger partial charge in [-0.25, -0.2) is 4.79 Å². The van der Waals surface area contributed by atoms with E-state index >= 15 is 0 Å². The molecule has 0 radical (unpaired) electrons. The smallest absolute Gasteiger partial charge is 0.410 e. The van der Waals surface area contributed by atoms with Crippen molar-refractivity contribution < 1.29 is 14.3 Å². The topological polar surface area (TPSA) is 51.7 Å². The number of carbonyl (C=O) groups excluding carboxylic acids is 1. The van der Waals surface area contributed by atoms with E-state index in [9.17, 15) is 4.79 Å². The molecule has 6 heteroatoms. The van der Waals surface area contributed by atoms with E-state index in [1.807, 2.05) is 49.9 Å². The van der Waals surface area contributed by atoms with E-state index in [4.69, 9.17) is 26.1 Å². The highest BCUT2D eigenvalue weighted by atomic mass is 35.5. The number of aromatic nitrogens is 1. The van der Waals surface area contributed by atoms with Gasteiger partial charge in [-0.1, -0.05) is 23.7 Å². The second-order valence-electron chi connectivity index (χ2n) is 9.99. The van der Waals surface area contributed by atoms with Gasteiger partial charge in [-0.15, -0.1) is 0 Å². The molecule has 1 aromatic carbocycles. The summed E-state index contributed by atoms with van der Waals surface area (Å²) < 4.78 is 11.4. The Hall–Kier alpha value is -2.27. The molecular weight excluding hydrogens is 424 g/mol. The molecule has 2 fully saturated rings. The van der Waals surface area contributed by atoms with Gasteiger partial charge in [0.25, 0.3) is 0 Å². The highest BCUT2D eigenvalue weighted by Gasteiger charge is 2.27. The lowest BCUT2D eigenvalue weighted by Crippen LogP contribution is -2.42.